The van der Waals surface area contributed by atoms with Gasteiger partial charge >= 0.3 is 23.9 Å². The molecule has 12 nitrogen and oxygen atoms in total. The van der Waals surface area contributed by atoms with E-state index in [0.717, 1.165) is 0 Å². The van der Waals surface area contributed by atoms with Gasteiger partial charge in [0.25, 0.3) is 0 Å². The van der Waals surface area contributed by atoms with E-state index in [9.17, 15) is 29.4 Å². The zero-order valence-electron chi connectivity index (χ0n) is 19.4. The van der Waals surface area contributed by atoms with Crippen molar-refractivity contribution >= 4 is 23.9 Å². The fourth-order valence-electron chi connectivity index (χ4n) is 3.45. The summed E-state index contributed by atoms with van der Waals surface area (Å²) < 4.78 is 0. The van der Waals surface area contributed by atoms with Gasteiger partial charge in [-0.2, -0.15) is 0 Å². The number of aliphatic carboxylic acids is 4. The molecule has 0 aromatic rings. The van der Waals surface area contributed by atoms with Crippen LogP contribution in [0.5, 0.6) is 0 Å². The molecule has 12 heteroatoms. The Morgan fingerprint density at radius 2 is 0.750 bits per heavy atom. The highest BCUT2D eigenvalue weighted by Crippen LogP contribution is 2.05. The van der Waals surface area contributed by atoms with Gasteiger partial charge in [-0.3, -0.25) is 38.8 Å². The lowest BCUT2D eigenvalue weighted by Gasteiger charge is -2.33. The lowest BCUT2D eigenvalue weighted by atomic mass is 10.2. The van der Waals surface area contributed by atoms with Crippen molar-refractivity contribution in [2.24, 2.45) is 0 Å². The predicted molar refractivity (Wildman–Crippen MR) is 117 cm³/mol. The summed E-state index contributed by atoms with van der Waals surface area (Å²) in [5.74, 6) is -4.42. The van der Waals surface area contributed by atoms with Crippen molar-refractivity contribution in [3.63, 3.8) is 0 Å². The molecule has 0 aromatic carbocycles. The minimum atomic E-state index is -1.18. The van der Waals surface area contributed by atoms with Gasteiger partial charge in [-0.05, 0) is 27.7 Å². The Balaban J connectivity index is 5.05. The number of carboxylic acid groups (broad SMARTS) is 4. The number of rotatable bonds is 19. The molecule has 4 N–H and O–H groups in total. The van der Waals surface area contributed by atoms with E-state index < -0.39 is 37.0 Å². The van der Waals surface area contributed by atoms with Crippen molar-refractivity contribution in [2.75, 3.05) is 65.4 Å². The molecule has 0 saturated carbocycles. The van der Waals surface area contributed by atoms with Crippen LogP contribution in [0, 0.1) is 0 Å². The second-order valence-electron chi connectivity index (χ2n) is 8.26. The first-order valence-electron chi connectivity index (χ1n) is 10.6. The summed E-state index contributed by atoms with van der Waals surface area (Å²) in [6, 6.07) is 0.583. The van der Waals surface area contributed by atoms with Crippen molar-refractivity contribution in [3.05, 3.63) is 0 Å². The molecule has 0 bridgehead atoms. The van der Waals surface area contributed by atoms with Crippen molar-refractivity contribution in [3.8, 4) is 0 Å². The van der Waals surface area contributed by atoms with Crippen LogP contribution < -0.4 is 0 Å². The normalized spacial score (nSPS) is 11.9. The standard InChI is InChI=1S/C20H38N4O8/c1-15(2)24(16(3)4)10-9-22(12-18(27)28)6-5-21(11-17(25)26)7-8-23(13-19(29)30)14-20(31)32/h15-16H,5-14H2,1-4H3,(H,25,26)(H,27,28)(H,29,30)(H,31,32). The molecular formula is C20H38N4O8. The van der Waals surface area contributed by atoms with Crippen LogP contribution in [-0.2, 0) is 19.2 Å². The van der Waals surface area contributed by atoms with Gasteiger partial charge in [-0.1, -0.05) is 0 Å². The van der Waals surface area contributed by atoms with Crippen LogP contribution in [0.15, 0.2) is 0 Å². The van der Waals surface area contributed by atoms with Gasteiger partial charge in [0.2, 0.25) is 0 Å². The molecule has 0 fully saturated rings. The number of carboxylic acids is 4. The fraction of sp³-hybridized carbons (Fsp3) is 0.800. The molecule has 0 atom stereocenters. The minimum Gasteiger partial charge on any atom is -0.480 e. The zero-order chi connectivity index (χ0) is 24.8. The molecule has 0 radical (unpaired) electrons. The van der Waals surface area contributed by atoms with Gasteiger partial charge in [0.05, 0.1) is 26.2 Å². The van der Waals surface area contributed by atoms with Gasteiger partial charge < -0.3 is 20.4 Å². The molecule has 186 valence electrons. The number of carbonyl (C=O) groups is 4. The van der Waals surface area contributed by atoms with Gasteiger partial charge in [-0.15, -0.1) is 0 Å². The van der Waals surface area contributed by atoms with Crippen LogP contribution in [0.1, 0.15) is 27.7 Å². The molecule has 32 heavy (non-hydrogen) atoms. The van der Waals surface area contributed by atoms with Crippen LogP contribution in [0.2, 0.25) is 0 Å². The first-order valence-corrected chi connectivity index (χ1v) is 10.6. The first kappa shape index (κ1) is 29.7. The Labute approximate surface area is 189 Å². The van der Waals surface area contributed by atoms with Crippen molar-refractivity contribution < 1.29 is 39.6 Å². The average molecular weight is 463 g/mol. The van der Waals surface area contributed by atoms with Crippen LogP contribution in [-0.4, -0.2) is 141 Å². The Morgan fingerprint density at radius 1 is 0.500 bits per heavy atom. The maximum Gasteiger partial charge on any atom is 0.317 e. The highest BCUT2D eigenvalue weighted by atomic mass is 16.4. The van der Waals surface area contributed by atoms with Gasteiger partial charge in [0.1, 0.15) is 0 Å². The van der Waals surface area contributed by atoms with E-state index in [0.29, 0.717) is 31.7 Å². The molecule has 0 aliphatic carbocycles. The quantitative estimate of drug-likeness (QED) is 0.192. The smallest absolute Gasteiger partial charge is 0.317 e. The average Bonchev–Trinajstić information content (AvgIpc) is 2.61. The van der Waals surface area contributed by atoms with E-state index in [-0.39, 0.29) is 32.7 Å². The number of hydrogen-bond donors (Lipinski definition) is 4. The van der Waals surface area contributed by atoms with Crippen LogP contribution in [0.25, 0.3) is 0 Å². The summed E-state index contributed by atoms with van der Waals surface area (Å²) in [4.78, 5) is 51.1. The molecule has 0 aliphatic heterocycles. The molecule has 0 heterocycles. The van der Waals surface area contributed by atoms with Gasteiger partial charge in [-0.25, -0.2) is 0 Å². The molecular weight excluding hydrogens is 424 g/mol. The maximum absolute atomic E-state index is 11.3. The lowest BCUT2D eigenvalue weighted by Crippen LogP contribution is -2.47. The van der Waals surface area contributed by atoms with Crippen LogP contribution >= 0.6 is 0 Å². The van der Waals surface area contributed by atoms with Crippen molar-refractivity contribution in [1.29, 1.82) is 0 Å². The summed E-state index contributed by atoms with van der Waals surface area (Å²) in [6.45, 7) is 8.71. The van der Waals surface area contributed by atoms with E-state index in [4.69, 9.17) is 10.2 Å². The van der Waals surface area contributed by atoms with Crippen molar-refractivity contribution in [1.82, 2.24) is 19.6 Å². The maximum atomic E-state index is 11.3. The Hall–Kier alpha value is -2.28. The summed E-state index contributed by atoms with van der Waals surface area (Å²) in [5.41, 5.74) is 0. The Bertz CT molecular complexity index is 590. The Morgan fingerprint density at radius 3 is 1.03 bits per heavy atom. The fourth-order valence-corrected chi connectivity index (χ4v) is 3.45. The van der Waals surface area contributed by atoms with Gasteiger partial charge in [0.15, 0.2) is 0 Å². The number of hydrogen-bond acceptors (Lipinski definition) is 8. The predicted octanol–water partition coefficient (Wildman–Crippen LogP) is -0.650. The third-order valence-electron chi connectivity index (χ3n) is 4.90. The third-order valence-corrected chi connectivity index (χ3v) is 4.90. The van der Waals surface area contributed by atoms with E-state index >= 15 is 0 Å². The van der Waals surface area contributed by atoms with Crippen LogP contribution in [0.4, 0.5) is 0 Å². The summed E-state index contributed by atoms with van der Waals surface area (Å²) >= 11 is 0. The number of nitrogens with zero attached hydrogens (tertiary/aromatic N) is 4. The highest BCUT2D eigenvalue weighted by molar-refractivity contribution is 5.72. The lowest BCUT2D eigenvalue weighted by molar-refractivity contribution is -0.143. The minimum absolute atomic E-state index is 0.0548. The summed E-state index contributed by atoms with van der Waals surface area (Å²) in [5, 5.41) is 36.3. The molecule has 0 aliphatic rings. The molecule has 0 aromatic heterocycles. The van der Waals surface area contributed by atoms with E-state index in [1.165, 1.54) is 4.90 Å². The van der Waals surface area contributed by atoms with Gasteiger partial charge in [0, 0.05) is 51.4 Å². The first-order chi connectivity index (χ1) is 14.8. The Kier molecular flexibility index (Phi) is 14.4. The summed E-state index contributed by atoms with van der Waals surface area (Å²) in [7, 11) is 0. The summed E-state index contributed by atoms with van der Waals surface area (Å²) in [6.07, 6.45) is 0. The van der Waals surface area contributed by atoms with E-state index in [2.05, 4.69) is 32.6 Å². The van der Waals surface area contributed by atoms with Crippen LogP contribution in [0.3, 0.4) is 0 Å². The topological polar surface area (TPSA) is 162 Å². The SMILES string of the molecule is CC(C)N(CCN(CCN(CCN(CC(=O)O)CC(=O)O)CC(=O)O)CC(=O)O)C(C)C. The third kappa shape index (κ3) is 14.7. The molecule has 0 spiro atoms. The largest absolute Gasteiger partial charge is 0.480 e. The van der Waals surface area contributed by atoms with Crippen molar-refractivity contribution in [2.45, 2.75) is 39.8 Å². The van der Waals surface area contributed by atoms with E-state index in [1.807, 2.05) is 0 Å². The second kappa shape index (κ2) is 15.5. The van der Waals surface area contributed by atoms with E-state index in [1.54, 1.807) is 9.80 Å². The molecule has 0 amide bonds. The molecule has 0 rings (SSSR count). The zero-order valence-corrected chi connectivity index (χ0v) is 19.4. The second-order valence-corrected chi connectivity index (χ2v) is 8.26. The molecule has 0 unspecified atom stereocenters. The highest BCUT2D eigenvalue weighted by Gasteiger charge is 2.20. The molecule has 0 saturated heterocycles. The monoisotopic (exact) mass is 462 g/mol.